The van der Waals surface area contributed by atoms with Crippen LogP contribution < -0.4 is 15.8 Å². The molecule has 198 valence electrons. The second-order valence-electron chi connectivity index (χ2n) is 9.18. The molecule has 4 aromatic rings. The molecule has 1 saturated carbocycles. The summed E-state index contributed by atoms with van der Waals surface area (Å²) in [7, 11) is -3.93. The Hall–Kier alpha value is -3.48. The van der Waals surface area contributed by atoms with Crippen molar-refractivity contribution in [2.75, 3.05) is 10.6 Å². The minimum absolute atomic E-state index is 0.0445. The van der Waals surface area contributed by atoms with Crippen LogP contribution in [-0.4, -0.2) is 35.1 Å². The van der Waals surface area contributed by atoms with E-state index in [9.17, 15) is 21.6 Å². The Bertz CT molecular complexity index is 1640. The number of benzene rings is 2. The van der Waals surface area contributed by atoms with Crippen molar-refractivity contribution in [2.45, 2.75) is 42.9 Å². The minimum atomic E-state index is -4.47. The molecule has 0 atom stereocenters. The zero-order valence-corrected chi connectivity index (χ0v) is 21.5. The SMILES string of the molecule is Cc1ccc(-c2ccc3nc(NCc4ccc(S(N)(=O)=O)cc4Cl)nc(NC4(C(F)(F)F)CC4)c3n2)cc1. The van der Waals surface area contributed by atoms with Gasteiger partial charge in [-0.3, -0.25) is 0 Å². The van der Waals surface area contributed by atoms with Crippen LogP contribution in [0.3, 0.4) is 0 Å². The number of primary sulfonamides is 1. The van der Waals surface area contributed by atoms with Gasteiger partial charge in [0.05, 0.1) is 16.1 Å². The van der Waals surface area contributed by atoms with Crippen molar-refractivity contribution in [1.29, 1.82) is 0 Å². The van der Waals surface area contributed by atoms with Crippen LogP contribution in [0, 0.1) is 6.92 Å². The Morgan fingerprint density at radius 2 is 1.74 bits per heavy atom. The maximum Gasteiger partial charge on any atom is 0.411 e. The molecule has 1 aliphatic rings. The largest absolute Gasteiger partial charge is 0.411 e. The molecule has 0 radical (unpaired) electrons. The van der Waals surface area contributed by atoms with E-state index in [1.807, 2.05) is 31.2 Å². The van der Waals surface area contributed by atoms with Gasteiger partial charge in [0.2, 0.25) is 16.0 Å². The van der Waals surface area contributed by atoms with E-state index in [1.54, 1.807) is 12.1 Å². The summed E-state index contributed by atoms with van der Waals surface area (Å²) in [5.74, 6) is 0.00593. The van der Waals surface area contributed by atoms with Crippen LogP contribution in [0.15, 0.2) is 59.5 Å². The third kappa shape index (κ3) is 5.24. The maximum atomic E-state index is 13.8. The molecule has 13 heteroatoms. The Balaban J connectivity index is 1.51. The van der Waals surface area contributed by atoms with Gasteiger partial charge in [-0.2, -0.15) is 18.2 Å². The number of hydrogen-bond donors (Lipinski definition) is 3. The molecule has 2 aromatic carbocycles. The Labute approximate surface area is 221 Å². The topological polar surface area (TPSA) is 123 Å². The summed E-state index contributed by atoms with van der Waals surface area (Å²) in [6.07, 6.45) is -4.62. The number of fused-ring (bicyclic) bond motifs is 1. The Morgan fingerprint density at radius 3 is 2.34 bits per heavy atom. The lowest BCUT2D eigenvalue weighted by Gasteiger charge is -2.22. The predicted octanol–water partition coefficient (Wildman–Crippen LogP) is 5.42. The fraction of sp³-hybridized carbons (Fsp3) is 0.240. The first-order valence-corrected chi connectivity index (χ1v) is 13.4. The van der Waals surface area contributed by atoms with Crippen LogP contribution in [0.5, 0.6) is 0 Å². The molecule has 2 aromatic heterocycles. The highest BCUT2D eigenvalue weighted by Crippen LogP contribution is 2.51. The number of nitrogens with one attached hydrogen (secondary N) is 2. The number of sulfonamides is 1. The second-order valence-corrected chi connectivity index (χ2v) is 11.2. The summed E-state index contributed by atoms with van der Waals surface area (Å²) >= 11 is 6.21. The number of anilines is 2. The van der Waals surface area contributed by atoms with E-state index in [2.05, 4.69) is 25.6 Å². The number of nitrogens with zero attached hydrogens (tertiary/aromatic N) is 3. The van der Waals surface area contributed by atoms with Crippen molar-refractivity contribution in [1.82, 2.24) is 15.0 Å². The van der Waals surface area contributed by atoms with E-state index < -0.39 is 21.7 Å². The summed E-state index contributed by atoms with van der Waals surface area (Å²) in [6.45, 7) is 2.03. The number of rotatable bonds is 7. The third-order valence-electron chi connectivity index (χ3n) is 6.33. The zero-order chi connectivity index (χ0) is 27.3. The molecule has 1 fully saturated rings. The van der Waals surface area contributed by atoms with E-state index in [0.29, 0.717) is 16.8 Å². The molecule has 0 aliphatic heterocycles. The average molecular weight is 563 g/mol. The second kappa shape index (κ2) is 9.37. The fourth-order valence-electron chi connectivity index (χ4n) is 3.92. The normalized spacial score (nSPS) is 14.9. The van der Waals surface area contributed by atoms with Crippen LogP contribution in [0.25, 0.3) is 22.3 Å². The van der Waals surface area contributed by atoms with E-state index in [1.165, 1.54) is 18.2 Å². The molecule has 0 unspecified atom stereocenters. The average Bonchev–Trinajstić information content (AvgIpc) is 3.64. The van der Waals surface area contributed by atoms with Gasteiger partial charge in [0, 0.05) is 17.1 Å². The molecule has 8 nitrogen and oxygen atoms in total. The van der Waals surface area contributed by atoms with E-state index in [-0.39, 0.29) is 46.6 Å². The van der Waals surface area contributed by atoms with Crippen LogP contribution in [0.2, 0.25) is 5.02 Å². The van der Waals surface area contributed by atoms with Gasteiger partial charge in [-0.1, -0.05) is 47.5 Å². The lowest BCUT2D eigenvalue weighted by Crippen LogP contribution is -2.39. The Morgan fingerprint density at radius 1 is 1.03 bits per heavy atom. The summed E-state index contributed by atoms with van der Waals surface area (Å²) in [4.78, 5) is 13.2. The zero-order valence-electron chi connectivity index (χ0n) is 20.0. The van der Waals surface area contributed by atoms with Crippen molar-refractivity contribution < 1.29 is 21.6 Å². The number of aryl methyl sites for hydroxylation is 1. The summed E-state index contributed by atoms with van der Waals surface area (Å²) in [6, 6.07) is 15.0. The first kappa shape index (κ1) is 26.1. The monoisotopic (exact) mass is 562 g/mol. The van der Waals surface area contributed by atoms with Gasteiger partial charge in [0.25, 0.3) is 0 Å². The van der Waals surface area contributed by atoms with Crippen LogP contribution in [0.4, 0.5) is 24.9 Å². The number of hydrogen-bond acceptors (Lipinski definition) is 7. The molecular weight excluding hydrogens is 541 g/mol. The molecule has 0 spiro atoms. The van der Waals surface area contributed by atoms with E-state index in [4.69, 9.17) is 16.7 Å². The molecule has 5 rings (SSSR count). The number of pyridine rings is 1. The van der Waals surface area contributed by atoms with Gasteiger partial charge in [-0.25, -0.2) is 23.5 Å². The van der Waals surface area contributed by atoms with Gasteiger partial charge in [0.15, 0.2) is 5.82 Å². The summed E-state index contributed by atoms with van der Waals surface area (Å²) in [5.41, 5.74) is 1.44. The predicted molar refractivity (Wildman–Crippen MR) is 139 cm³/mol. The van der Waals surface area contributed by atoms with Crippen LogP contribution in [0.1, 0.15) is 24.0 Å². The molecule has 1 aliphatic carbocycles. The van der Waals surface area contributed by atoms with Crippen molar-refractivity contribution in [3.05, 3.63) is 70.7 Å². The van der Waals surface area contributed by atoms with Crippen molar-refractivity contribution in [3.63, 3.8) is 0 Å². The van der Waals surface area contributed by atoms with Gasteiger partial charge < -0.3 is 10.6 Å². The number of nitrogens with two attached hydrogens (primary N) is 1. The highest BCUT2D eigenvalue weighted by atomic mass is 35.5. The molecule has 2 heterocycles. The van der Waals surface area contributed by atoms with Crippen molar-refractivity contribution in [2.24, 2.45) is 5.14 Å². The molecular formula is C25H22ClF3N6O2S. The molecule has 0 saturated heterocycles. The van der Waals surface area contributed by atoms with Gasteiger partial charge >= 0.3 is 6.18 Å². The van der Waals surface area contributed by atoms with Gasteiger partial charge in [-0.15, -0.1) is 0 Å². The number of halogens is 4. The lowest BCUT2D eigenvalue weighted by atomic mass is 10.1. The summed E-state index contributed by atoms with van der Waals surface area (Å²) < 4.78 is 64.5. The number of aromatic nitrogens is 3. The maximum absolute atomic E-state index is 13.8. The Kier molecular flexibility index (Phi) is 6.44. The molecule has 0 amide bonds. The van der Waals surface area contributed by atoms with E-state index in [0.717, 1.165) is 11.1 Å². The lowest BCUT2D eigenvalue weighted by molar-refractivity contribution is -0.151. The molecule has 0 bridgehead atoms. The van der Waals surface area contributed by atoms with E-state index >= 15 is 0 Å². The fourth-order valence-corrected chi connectivity index (χ4v) is 4.77. The quantitative estimate of drug-likeness (QED) is 0.275. The molecule has 4 N–H and O–H groups in total. The smallest absolute Gasteiger partial charge is 0.354 e. The number of alkyl halides is 3. The van der Waals surface area contributed by atoms with Crippen LogP contribution >= 0.6 is 11.6 Å². The third-order valence-corrected chi connectivity index (χ3v) is 7.59. The van der Waals surface area contributed by atoms with Crippen LogP contribution in [-0.2, 0) is 16.6 Å². The summed E-state index contributed by atoms with van der Waals surface area (Å²) in [5, 5.41) is 10.8. The first-order chi connectivity index (χ1) is 17.8. The van der Waals surface area contributed by atoms with Gasteiger partial charge in [-0.05, 0) is 49.6 Å². The standard InChI is InChI=1S/C25H22ClF3N6O2S/c1-14-2-4-15(5-3-14)19-8-9-20-21(32-19)22(35-24(10-11-24)25(27,28)29)34-23(33-20)31-13-16-6-7-17(12-18(16)26)38(30,36)37/h2-9,12H,10-11,13H2,1H3,(H2,30,36,37)(H2,31,33,34,35). The van der Waals surface area contributed by atoms with Crippen molar-refractivity contribution in [3.8, 4) is 11.3 Å². The minimum Gasteiger partial charge on any atom is -0.354 e. The molecule has 38 heavy (non-hydrogen) atoms. The van der Waals surface area contributed by atoms with Crippen molar-refractivity contribution >= 4 is 44.4 Å². The van der Waals surface area contributed by atoms with Gasteiger partial charge in [0.1, 0.15) is 11.1 Å². The highest BCUT2D eigenvalue weighted by Gasteiger charge is 2.64. The highest BCUT2D eigenvalue weighted by molar-refractivity contribution is 7.89. The first-order valence-electron chi connectivity index (χ1n) is 11.5.